The van der Waals surface area contributed by atoms with E-state index in [1.165, 1.54) is 36.9 Å². The largest absolute Gasteiger partial charge is 0.368 e. The Bertz CT molecular complexity index is 392. The number of rotatable bonds is 4. The Labute approximate surface area is 115 Å². The van der Waals surface area contributed by atoms with E-state index in [9.17, 15) is 0 Å². The number of halogens is 1. The van der Waals surface area contributed by atoms with Crippen LogP contribution in [0, 0.1) is 0 Å². The van der Waals surface area contributed by atoms with Gasteiger partial charge in [-0.1, -0.05) is 18.5 Å². The fraction of sp³-hybridized carbons (Fsp3) is 0.600. The summed E-state index contributed by atoms with van der Waals surface area (Å²) in [7, 11) is 0. The molecule has 0 radical (unpaired) electrons. The van der Waals surface area contributed by atoms with E-state index >= 15 is 0 Å². The van der Waals surface area contributed by atoms with Crippen LogP contribution < -0.4 is 10.6 Å². The van der Waals surface area contributed by atoms with Gasteiger partial charge >= 0.3 is 0 Å². The minimum Gasteiger partial charge on any atom is -0.368 e. The SMILES string of the molecule is CCC1CCCCN1c1ccc(Cl)cc1CCN. The van der Waals surface area contributed by atoms with Gasteiger partial charge in [-0.2, -0.15) is 0 Å². The lowest BCUT2D eigenvalue weighted by Crippen LogP contribution is -2.39. The second-order valence-electron chi connectivity index (χ2n) is 5.06. The predicted octanol–water partition coefficient (Wildman–Crippen LogP) is 3.61. The Morgan fingerprint density at radius 1 is 1.39 bits per heavy atom. The summed E-state index contributed by atoms with van der Waals surface area (Å²) in [5.74, 6) is 0. The summed E-state index contributed by atoms with van der Waals surface area (Å²) in [6.07, 6.45) is 6.07. The van der Waals surface area contributed by atoms with E-state index < -0.39 is 0 Å². The number of hydrogen-bond donors (Lipinski definition) is 1. The Hall–Kier alpha value is -0.730. The first-order valence-corrected chi connectivity index (χ1v) is 7.39. The van der Waals surface area contributed by atoms with Crippen LogP contribution in [0.5, 0.6) is 0 Å². The first kappa shape index (κ1) is 13.7. The van der Waals surface area contributed by atoms with Crippen LogP contribution in [0.4, 0.5) is 5.69 Å². The van der Waals surface area contributed by atoms with Gasteiger partial charge in [0.25, 0.3) is 0 Å². The average molecular weight is 267 g/mol. The van der Waals surface area contributed by atoms with E-state index in [0.717, 1.165) is 18.0 Å². The van der Waals surface area contributed by atoms with Crippen molar-refractivity contribution in [1.82, 2.24) is 0 Å². The molecule has 2 N–H and O–H groups in total. The third-order valence-corrected chi connectivity index (χ3v) is 4.10. The van der Waals surface area contributed by atoms with E-state index in [1.807, 2.05) is 6.07 Å². The lowest BCUT2D eigenvalue weighted by atomic mass is 9.97. The number of nitrogens with two attached hydrogens (primary N) is 1. The van der Waals surface area contributed by atoms with Gasteiger partial charge < -0.3 is 10.6 Å². The molecule has 1 aromatic rings. The van der Waals surface area contributed by atoms with Crippen molar-refractivity contribution >= 4 is 17.3 Å². The maximum absolute atomic E-state index is 6.10. The fourth-order valence-electron chi connectivity index (χ4n) is 2.93. The Kier molecular flexibility index (Phi) is 4.90. The van der Waals surface area contributed by atoms with E-state index in [1.54, 1.807) is 0 Å². The zero-order chi connectivity index (χ0) is 13.0. The number of piperidine rings is 1. The van der Waals surface area contributed by atoms with Crippen LogP contribution >= 0.6 is 11.6 Å². The highest BCUT2D eigenvalue weighted by Gasteiger charge is 2.22. The molecule has 1 fully saturated rings. The second kappa shape index (κ2) is 6.44. The van der Waals surface area contributed by atoms with Gasteiger partial charge in [0.15, 0.2) is 0 Å². The van der Waals surface area contributed by atoms with Gasteiger partial charge in [-0.3, -0.25) is 0 Å². The van der Waals surface area contributed by atoms with Crippen LogP contribution in [-0.4, -0.2) is 19.1 Å². The molecule has 0 amide bonds. The minimum atomic E-state index is 0.677. The summed E-state index contributed by atoms with van der Waals surface area (Å²) in [6.45, 7) is 4.12. The molecule has 1 aromatic carbocycles. The minimum absolute atomic E-state index is 0.677. The van der Waals surface area contributed by atoms with Gasteiger partial charge in [-0.05, 0) is 62.4 Å². The van der Waals surface area contributed by atoms with Crippen LogP contribution in [0.1, 0.15) is 38.2 Å². The molecule has 2 nitrogen and oxygen atoms in total. The van der Waals surface area contributed by atoms with Crippen molar-refractivity contribution in [2.45, 2.75) is 45.1 Å². The van der Waals surface area contributed by atoms with E-state index in [-0.39, 0.29) is 0 Å². The molecule has 1 aliphatic heterocycles. The highest BCUT2D eigenvalue weighted by molar-refractivity contribution is 6.30. The molecule has 0 saturated carbocycles. The molecule has 1 heterocycles. The molecule has 1 unspecified atom stereocenters. The topological polar surface area (TPSA) is 29.3 Å². The van der Waals surface area contributed by atoms with Crippen LogP contribution in [0.2, 0.25) is 5.02 Å². The van der Waals surface area contributed by atoms with Gasteiger partial charge in [-0.15, -0.1) is 0 Å². The molecule has 2 rings (SSSR count). The first-order chi connectivity index (χ1) is 8.76. The molecule has 1 saturated heterocycles. The normalized spacial score (nSPS) is 20.2. The van der Waals surface area contributed by atoms with Crippen molar-refractivity contribution in [3.8, 4) is 0 Å². The Balaban J connectivity index is 2.29. The number of nitrogens with zero attached hydrogens (tertiary/aromatic N) is 1. The number of anilines is 1. The van der Waals surface area contributed by atoms with Crippen molar-refractivity contribution < 1.29 is 0 Å². The third-order valence-electron chi connectivity index (χ3n) is 3.86. The van der Waals surface area contributed by atoms with Gasteiger partial charge in [0.05, 0.1) is 0 Å². The van der Waals surface area contributed by atoms with Crippen LogP contribution in [0.25, 0.3) is 0 Å². The first-order valence-electron chi connectivity index (χ1n) is 7.01. The number of hydrogen-bond acceptors (Lipinski definition) is 2. The van der Waals surface area contributed by atoms with Gasteiger partial charge in [0.1, 0.15) is 0 Å². The van der Waals surface area contributed by atoms with Crippen LogP contribution in [0.3, 0.4) is 0 Å². The summed E-state index contributed by atoms with van der Waals surface area (Å²) < 4.78 is 0. The maximum atomic E-state index is 6.10. The quantitative estimate of drug-likeness (QED) is 0.902. The molecular formula is C15H23ClN2. The average Bonchev–Trinajstić information content (AvgIpc) is 2.39. The third kappa shape index (κ3) is 2.99. The van der Waals surface area contributed by atoms with E-state index in [0.29, 0.717) is 12.6 Å². The smallest absolute Gasteiger partial charge is 0.0410 e. The van der Waals surface area contributed by atoms with Crippen molar-refractivity contribution in [3.05, 3.63) is 28.8 Å². The zero-order valence-electron chi connectivity index (χ0n) is 11.2. The van der Waals surface area contributed by atoms with Crippen molar-refractivity contribution in [1.29, 1.82) is 0 Å². The van der Waals surface area contributed by atoms with E-state index in [2.05, 4.69) is 24.0 Å². The molecule has 0 bridgehead atoms. The molecular weight excluding hydrogens is 244 g/mol. The van der Waals surface area contributed by atoms with Crippen LogP contribution in [0.15, 0.2) is 18.2 Å². The molecule has 100 valence electrons. The monoisotopic (exact) mass is 266 g/mol. The van der Waals surface area contributed by atoms with Gasteiger partial charge in [0.2, 0.25) is 0 Å². The van der Waals surface area contributed by atoms with E-state index in [4.69, 9.17) is 17.3 Å². The van der Waals surface area contributed by atoms with Gasteiger partial charge in [0, 0.05) is 23.3 Å². The molecule has 3 heteroatoms. The lowest BCUT2D eigenvalue weighted by Gasteiger charge is -2.38. The number of benzene rings is 1. The van der Waals surface area contributed by atoms with Crippen molar-refractivity contribution in [3.63, 3.8) is 0 Å². The summed E-state index contributed by atoms with van der Waals surface area (Å²) >= 11 is 6.10. The van der Waals surface area contributed by atoms with Crippen LogP contribution in [-0.2, 0) is 6.42 Å². The molecule has 0 aliphatic carbocycles. The molecule has 1 aliphatic rings. The highest BCUT2D eigenvalue weighted by atomic mass is 35.5. The fourth-order valence-corrected chi connectivity index (χ4v) is 3.13. The zero-order valence-corrected chi connectivity index (χ0v) is 11.9. The van der Waals surface area contributed by atoms with Gasteiger partial charge in [-0.25, -0.2) is 0 Å². The standard InChI is InChI=1S/C15H23ClN2/c1-2-14-5-3-4-10-18(14)15-7-6-13(16)11-12(15)8-9-17/h6-7,11,14H,2-5,8-10,17H2,1H3. The second-order valence-corrected chi connectivity index (χ2v) is 5.50. The predicted molar refractivity (Wildman–Crippen MR) is 79.5 cm³/mol. The molecule has 0 aromatic heterocycles. The summed E-state index contributed by atoms with van der Waals surface area (Å²) in [5.41, 5.74) is 8.36. The van der Waals surface area contributed by atoms with Crippen molar-refractivity contribution in [2.24, 2.45) is 5.73 Å². The molecule has 18 heavy (non-hydrogen) atoms. The Morgan fingerprint density at radius 3 is 2.94 bits per heavy atom. The summed E-state index contributed by atoms with van der Waals surface area (Å²) in [4.78, 5) is 2.56. The molecule has 1 atom stereocenters. The Morgan fingerprint density at radius 2 is 2.22 bits per heavy atom. The summed E-state index contributed by atoms with van der Waals surface area (Å²) in [5, 5.41) is 0.812. The highest BCUT2D eigenvalue weighted by Crippen LogP contribution is 2.31. The summed E-state index contributed by atoms with van der Waals surface area (Å²) in [6, 6.07) is 6.92. The lowest BCUT2D eigenvalue weighted by molar-refractivity contribution is 0.449. The van der Waals surface area contributed by atoms with Crippen molar-refractivity contribution in [2.75, 3.05) is 18.0 Å². The maximum Gasteiger partial charge on any atom is 0.0410 e. The molecule has 0 spiro atoms.